The van der Waals surface area contributed by atoms with Gasteiger partial charge in [0.05, 0.1) is 0 Å². The summed E-state index contributed by atoms with van der Waals surface area (Å²) in [6, 6.07) is 0. The molecule has 0 aromatic heterocycles. The van der Waals surface area contributed by atoms with Crippen LogP contribution in [0.4, 0.5) is 0 Å². The summed E-state index contributed by atoms with van der Waals surface area (Å²) in [5.74, 6) is -4.88. The Morgan fingerprint density at radius 1 is 0.640 bits per heavy atom. The van der Waals surface area contributed by atoms with Crippen molar-refractivity contribution in [2.24, 2.45) is 11.8 Å². The Hall–Kier alpha value is 0.801. The molecule has 11 heteroatoms. The molecule has 0 amide bonds. The number of carboxylic acid groups (broad SMARTS) is 4. The first kappa shape index (κ1) is 36.7. The minimum Gasteiger partial charge on any atom is -0.550 e. The van der Waals surface area contributed by atoms with Crippen LogP contribution in [0.15, 0.2) is 0 Å². The Morgan fingerprint density at radius 3 is 1.04 bits per heavy atom. The van der Waals surface area contributed by atoms with E-state index in [1.165, 1.54) is 0 Å². The number of hydrogen-bond donors (Lipinski definition) is 0. The van der Waals surface area contributed by atoms with Crippen LogP contribution in [-0.4, -0.2) is 120 Å². The van der Waals surface area contributed by atoms with Crippen LogP contribution in [0.25, 0.3) is 0 Å². The monoisotopic (exact) mass is 510 g/mol. The number of aliphatic carboxylic acids is 4. The van der Waals surface area contributed by atoms with Crippen molar-refractivity contribution in [3.05, 3.63) is 0 Å². The minimum atomic E-state index is -1.14. The number of rotatable bonds is 10. The molecule has 0 saturated carbocycles. The zero-order valence-electron chi connectivity index (χ0n) is 14.6. The summed E-state index contributed by atoms with van der Waals surface area (Å²) in [6.45, 7) is 3.33. The van der Waals surface area contributed by atoms with Gasteiger partial charge in [0.1, 0.15) is 0 Å². The summed E-state index contributed by atoms with van der Waals surface area (Å²) in [7, 11) is 0. The molecule has 0 radical (unpaired) electrons. The Labute approximate surface area is 221 Å². The van der Waals surface area contributed by atoms with Crippen LogP contribution in [0, 0.1) is 11.8 Å². The van der Waals surface area contributed by atoms with E-state index in [4.69, 9.17) is 0 Å². The predicted molar refractivity (Wildman–Crippen MR) is 81.2 cm³/mol. The third-order valence-corrected chi connectivity index (χ3v) is 2.71. The molecule has 0 heterocycles. The van der Waals surface area contributed by atoms with E-state index < -0.39 is 23.9 Å². The maximum absolute atomic E-state index is 9.98. The summed E-state index contributed by atoms with van der Waals surface area (Å²) in [6.07, 6.45) is 0.302. The van der Waals surface area contributed by atoms with Gasteiger partial charge in [0.2, 0.25) is 0 Å². The first-order chi connectivity index (χ1) is 10.0. The van der Waals surface area contributed by atoms with E-state index >= 15 is 0 Å². The molecule has 0 fully saturated rings. The molecule has 0 unspecified atom stereocenters. The minimum absolute atomic E-state index is 0. The van der Waals surface area contributed by atoms with Crippen LogP contribution in [0.5, 0.6) is 0 Å². The van der Waals surface area contributed by atoms with E-state index in [1.807, 2.05) is 0 Å². The summed E-state index contributed by atoms with van der Waals surface area (Å²) in [5, 5.41) is 39.8. The fraction of sp³-hybridized carbons (Fsp3) is 0.714. The molecule has 0 aliphatic carbocycles. The van der Waals surface area contributed by atoms with Crippen LogP contribution >= 0.6 is 0 Å². The smallest absolute Gasteiger partial charge is 0.550 e. The van der Waals surface area contributed by atoms with E-state index in [0.717, 1.165) is 0 Å². The molecule has 0 aliphatic rings. The van der Waals surface area contributed by atoms with Crippen molar-refractivity contribution in [1.29, 1.82) is 0 Å². The van der Waals surface area contributed by atoms with Crippen molar-refractivity contribution in [3.63, 3.8) is 0 Å². The van der Waals surface area contributed by atoms with Gasteiger partial charge in [-0.05, 0) is 50.4 Å². The van der Waals surface area contributed by atoms with Gasteiger partial charge < -0.3 is 45.1 Å². The van der Waals surface area contributed by atoms with Gasteiger partial charge in [-0.15, -0.1) is 0 Å². The van der Waals surface area contributed by atoms with E-state index in [2.05, 4.69) is 0 Å². The third-order valence-electron chi connectivity index (χ3n) is 2.71. The van der Waals surface area contributed by atoms with Crippen molar-refractivity contribution in [2.45, 2.75) is 52.4 Å². The molecule has 0 aliphatic heterocycles. The molecule has 0 aromatic rings. The molecule has 0 bridgehead atoms. The molecule has 2 N–H and O–H groups in total. The fourth-order valence-electron chi connectivity index (χ4n) is 1.50. The van der Waals surface area contributed by atoms with Gasteiger partial charge in [0.15, 0.2) is 0 Å². The summed E-state index contributed by atoms with van der Waals surface area (Å²) in [4.78, 5) is 39.8. The van der Waals surface area contributed by atoms with Gasteiger partial charge in [-0.3, -0.25) is 0 Å². The van der Waals surface area contributed by atoms with Crippen LogP contribution in [-0.2, 0) is 19.2 Å². The van der Waals surface area contributed by atoms with Crippen LogP contribution in [0.3, 0.4) is 0 Å². The van der Waals surface area contributed by atoms with Crippen LogP contribution in [0.1, 0.15) is 52.4 Å². The van der Waals surface area contributed by atoms with Gasteiger partial charge >= 0.3 is 91.0 Å². The summed E-state index contributed by atoms with van der Waals surface area (Å²) >= 11 is 0. The number of carbonyl (C=O) groups is 4. The largest absolute Gasteiger partial charge is 2.00 e. The molecular formula is C14H22O9Sr2. The van der Waals surface area contributed by atoms with E-state index in [9.17, 15) is 39.6 Å². The second-order valence-corrected chi connectivity index (χ2v) is 5.18. The zero-order chi connectivity index (χ0) is 17.7. The van der Waals surface area contributed by atoms with Gasteiger partial charge in [0, 0.05) is 23.9 Å². The van der Waals surface area contributed by atoms with Crippen molar-refractivity contribution in [2.75, 3.05) is 0 Å². The average Bonchev–Trinajstić information content (AvgIpc) is 2.33. The second kappa shape index (κ2) is 22.8. The Balaban J connectivity index is -0.0000000952. The maximum Gasteiger partial charge on any atom is 2.00 e. The predicted octanol–water partition coefficient (Wildman–Crippen LogP) is -5.00. The summed E-state index contributed by atoms with van der Waals surface area (Å²) in [5.41, 5.74) is 0. The van der Waals surface area contributed by atoms with Gasteiger partial charge in [0.25, 0.3) is 0 Å². The van der Waals surface area contributed by atoms with Crippen molar-refractivity contribution >= 4 is 115 Å². The standard InChI is InChI=1S/2C7H12O4.H2O.2Sr/c2*1-5(4-7(10)11)2-3-6(8)9;;;/h2*5H,2-4H2,1H3,(H,8,9)(H,10,11);1H2;;/q;;;2*+2/p-4/t2*5-;;;/m11.../s1. The normalized spacial score (nSPS) is 11.0. The fourth-order valence-corrected chi connectivity index (χ4v) is 1.50. The van der Waals surface area contributed by atoms with Crippen LogP contribution < -0.4 is 20.4 Å². The van der Waals surface area contributed by atoms with E-state index in [1.54, 1.807) is 13.8 Å². The Morgan fingerprint density at radius 2 is 0.880 bits per heavy atom. The average molecular weight is 510 g/mol. The van der Waals surface area contributed by atoms with Crippen molar-refractivity contribution < 1.29 is 45.1 Å². The molecule has 2 atom stereocenters. The van der Waals surface area contributed by atoms with Gasteiger partial charge in [-0.1, -0.05) is 13.8 Å². The van der Waals surface area contributed by atoms with E-state index in [-0.39, 0.29) is 134 Å². The number of carbonyl (C=O) groups excluding carboxylic acids is 4. The molecule has 25 heavy (non-hydrogen) atoms. The van der Waals surface area contributed by atoms with E-state index in [0.29, 0.717) is 12.8 Å². The zero-order valence-corrected chi connectivity index (χ0v) is 21.5. The SMILES string of the molecule is C[C@H](CCC(=O)[O-])CC(=O)[O-].C[C@H](CCC(=O)[O-])CC(=O)[O-].O.[Sr+2].[Sr+2]. The molecule has 0 rings (SSSR count). The quantitative estimate of drug-likeness (QED) is 0.261. The number of carboxylic acids is 4. The Bertz CT molecular complexity index is 352. The molecule has 0 spiro atoms. The molecule has 0 saturated heterocycles. The Kier molecular flexibility index (Phi) is 33.5. The first-order valence-corrected chi connectivity index (χ1v) is 6.83. The molecule has 9 nitrogen and oxygen atoms in total. The second-order valence-electron chi connectivity index (χ2n) is 5.18. The van der Waals surface area contributed by atoms with Gasteiger partial charge in [-0.2, -0.15) is 0 Å². The number of hydrogen-bond acceptors (Lipinski definition) is 8. The molecule has 0 aromatic carbocycles. The van der Waals surface area contributed by atoms with Crippen molar-refractivity contribution in [3.8, 4) is 0 Å². The maximum atomic E-state index is 9.98. The van der Waals surface area contributed by atoms with Gasteiger partial charge in [-0.25, -0.2) is 0 Å². The topological polar surface area (TPSA) is 192 Å². The summed E-state index contributed by atoms with van der Waals surface area (Å²) < 4.78 is 0. The molecule has 136 valence electrons. The van der Waals surface area contributed by atoms with Crippen LogP contribution in [0.2, 0.25) is 0 Å². The van der Waals surface area contributed by atoms with Crippen molar-refractivity contribution in [1.82, 2.24) is 0 Å². The first-order valence-electron chi connectivity index (χ1n) is 6.83. The molecular weight excluding hydrogens is 487 g/mol. The third kappa shape index (κ3) is 36.5.